The predicted octanol–water partition coefficient (Wildman–Crippen LogP) is 4.40. The summed E-state index contributed by atoms with van der Waals surface area (Å²) in [5.41, 5.74) is 2.62. The van der Waals surface area contributed by atoms with E-state index >= 15 is 0 Å². The number of ether oxygens (including phenoxy) is 1. The van der Waals surface area contributed by atoms with Crippen LogP contribution in [0.1, 0.15) is 56.7 Å². The van der Waals surface area contributed by atoms with E-state index in [1.165, 1.54) is 11.1 Å². The van der Waals surface area contributed by atoms with Crippen LogP contribution in [0.2, 0.25) is 0 Å². The molecule has 2 nitrogen and oxygen atoms in total. The lowest BCUT2D eigenvalue weighted by Gasteiger charge is -2.29. The maximum absolute atomic E-state index is 5.92. The van der Waals surface area contributed by atoms with Crippen LogP contribution in [0.25, 0.3) is 0 Å². The van der Waals surface area contributed by atoms with Crippen LogP contribution in [0, 0.1) is 0 Å². The van der Waals surface area contributed by atoms with Gasteiger partial charge in [-0.2, -0.15) is 0 Å². The Kier molecular flexibility index (Phi) is 4.68. The van der Waals surface area contributed by atoms with Gasteiger partial charge in [-0.3, -0.25) is 0 Å². The minimum Gasteiger partial charge on any atom is -0.493 e. The van der Waals surface area contributed by atoms with Crippen molar-refractivity contribution in [3.8, 4) is 5.75 Å². The van der Waals surface area contributed by atoms with Gasteiger partial charge in [0.25, 0.3) is 0 Å². The van der Waals surface area contributed by atoms with Crippen molar-refractivity contribution in [2.45, 2.75) is 45.6 Å². The number of hydrogen-bond donors (Lipinski definition) is 1. The van der Waals surface area contributed by atoms with Crippen molar-refractivity contribution in [1.82, 2.24) is 5.32 Å². The van der Waals surface area contributed by atoms with Crippen molar-refractivity contribution >= 4 is 15.9 Å². The fourth-order valence-corrected chi connectivity index (χ4v) is 2.95. The van der Waals surface area contributed by atoms with Gasteiger partial charge in [-0.05, 0) is 36.6 Å². The average molecular weight is 312 g/mol. The molecule has 0 saturated carbocycles. The molecule has 18 heavy (non-hydrogen) atoms. The summed E-state index contributed by atoms with van der Waals surface area (Å²) in [5, 5.41) is 3.62. The van der Waals surface area contributed by atoms with Crippen molar-refractivity contribution in [2.24, 2.45) is 0 Å². The van der Waals surface area contributed by atoms with Gasteiger partial charge in [0.2, 0.25) is 0 Å². The first kappa shape index (κ1) is 13.9. The molecule has 0 amide bonds. The molecule has 1 aliphatic heterocycles. The minimum absolute atomic E-state index is 0.434. The van der Waals surface area contributed by atoms with Gasteiger partial charge >= 0.3 is 0 Å². The van der Waals surface area contributed by atoms with Crippen molar-refractivity contribution in [1.29, 1.82) is 0 Å². The fourth-order valence-electron chi connectivity index (χ4n) is 2.46. The second kappa shape index (κ2) is 6.07. The van der Waals surface area contributed by atoms with Crippen molar-refractivity contribution in [3.05, 3.63) is 27.7 Å². The van der Waals surface area contributed by atoms with Crippen LogP contribution in [0.3, 0.4) is 0 Å². The van der Waals surface area contributed by atoms with E-state index in [-0.39, 0.29) is 0 Å². The number of nitrogens with one attached hydrogen (secondary N) is 1. The second-order valence-electron chi connectivity index (χ2n) is 5.21. The molecule has 1 aliphatic rings. The third-order valence-electron chi connectivity index (χ3n) is 3.40. The highest BCUT2D eigenvalue weighted by atomic mass is 79.9. The molecule has 0 spiro atoms. The van der Waals surface area contributed by atoms with Crippen LogP contribution < -0.4 is 10.1 Å². The van der Waals surface area contributed by atoms with Gasteiger partial charge in [-0.25, -0.2) is 0 Å². The lowest BCUT2D eigenvalue weighted by molar-refractivity contribution is 0.249. The highest BCUT2D eigenvalue weighted by Crippen LogP contribution is 2.40. The minimum atomic E-state index is 0.434. The van der Waals surface area contributed by atoms with Gasteiger partial charge < -0.3 is 10.1 Å². The van der Waals surface area contributed by atoms with Gasteiger partial charge in [-0.1, -0.05) is 36.7 Å². The van der Waals surface area contributed by atoms with Crippen LogP contribution in [-0.4, -0.2) is 13.2 Å². The number of halogens is 1. The first-order valence-electron chi connectivity index (χ1n) is 6.83. The lowest BCUT2D eigenvalue weighted by atomic mass is 9.93. The molecule has 1 aromatic carbocycles. The summed E-state index contributed by atoms with van der Waals surface area (Å²) in [6.45, 7) is 8.51. The van der Waals surface area contributed by atoms with Crippen molar-refractivity contribution < 1.29 is 4.74 Å². The Hall–Kier alpha value is -0.540. The molecule has 1 heterocycles. The molecule has 1 N–H and O–H groups in total. The highest BCUT2D eigenvalue weighted by molar-refractivity contribution is 9.10. The van der Waals surface area contributed by atoms with Crippen molar-refractivity contribution in [3.63, 3.8) is 0 Å². The van der Waals surface area contributed by atoms with Crippen LogP contribution in [0.15, 0.2) is 16.6 Å². The standard InChI is InChI=1S/C15H22BrNO/c1-4-6-17-14-5-7-18-15-12(10(2)3)8-11(16)9-13(14)15/h8-10,14,17H,4-7H2,1-3H3. The summed E-state index contributed by atoms with van der Waals surface area (Å²) in [4.78, 5) is 0. The van der Waals surface area contributed by atoms with E-state index in [9.17, 15) is 0 Å². The molecule has 0 saturated heterocycles. The maximum Gasteiger partial charge on any atom is 0.127 e. The smallest absolute Gasteiger partial charge is 0.127 e. The lowest BCUT2D eigenvalue weighted by Crippen LogP contribution is -2.28. The first-order chi connectivity index (χ1) is 8.63. The Labute approximate surface area is 118 Å². The summed E-state index contributed by atoms with van der Waals surface area (Å²) in [7, 11) is 0. The van der Waals surface area contributed by atoms with Gasteiger partial charge in [-0.15, -0.1) is 0 Å². The van der Waals surface area contributed by atoms with E-state index < -0.39 is 0 Å². The number of benzene rings is 1. The Bertz CT molecular complexity index is 417. The molecule has 0 bridgehead atoms. The van der Waals surface area contributed by atoms with Gasteiger partial charge in [0, 0.05) is 22.5 Å². The summed E-state index contributed by atoms with van der Waals surface area (Å²) in [5.74, 6) is 1.59. The zero-order valence-electron chi connectivity index (χ0n) is 11.4. The molecule has 0 radical (unpaired) electrons. The Morgan fingerprint density at radius 1 is 1.44 bits per heavy atom. The van der Waals surface area contributed by atoms with Crippen molar-refractivity contribution in [2.75, 3.05) is 13.2 Å². The highest BCUT2D eigenvalue weighted by Gasteiger charge is 2.24. The number of hydrogen-bond acceptors (Lipinski definition) is 2. The van der Waals surface area contributed by atoms with E-state index in [4.69, 9.17) is 4.74 Å². The van der Waals surface area contributed by atoms with Crippen LogP contribution in [0.5, 0.6) is 5.75 Å². The Morgan fingerprint density at radius 2 is 2.22 bits per heavy atom. The third-order valence-corrected chi connectivity index (χ3v) is 3.86. The van der Waals surface area contributed by atoms with E-state index in [1.807, 2.05) is 0 Å². The zero-order valence-corrected chi connectivity index (χ0v) is 13.0. The zero-order chi connectivity index (χ0) is 13.1. The summed E-state index contributed by atoms with van der Waals surface area (Å²) < 4.78 is 7.07. The third kappa shape index (κ3) is 2.89. The molecule has 100 valence electrons. The van der Waals surface area contributed by atoms with E-state index in [2.05, 4.69) is 54.2 Å². The topological polar surface area (TPSA) is 21.3 Å². The fraction of sp³-hybridized carbons (Fsp3) is 0.600. The summed E-state index contributed by atoms with van der Waals surface area (Å²) in [6, 6.07) is 4.82. The number of fused-ring (bicyclic) bond motifs is 1. The van der Waals surface area contributed by atoms with E-state index in [1.54, 1.807) is 0 Å². The molecular formula is C15H22BrNO. The van der Waals surface area contributed by atoms with E-state index in [0.717, 1.165) is 36.2 Å². The quantitative estimate of drug-likeness (QED) is 0.890. The molecule has 1 atom stereocenters. The molecule has 1 unspecified atom stereocenters. The predicted molar refractivity (Wildman–Crippen MR) is 79.4 cm³/mol. The SMILES string of the molecule is CCCNC1CCOc2c(C(C)C)cc(Br)cc21. The molecule has 3 heteroatoms. The summed E-state index contributed by atoms with van der Waals surface area (Å²) in [6.07, 6.45) is 2.22. The Morgan fingerprint density at radius 3 is 2.89 bits per heavy atom. The molecule has 0 fully saturated rings. The van der Waals surface area contributed by atoms with Gasteiger partial charge in [0.05, 0.1) is 6.61 Å². The second-order valence-corrected chi connectivity index (χ2v) is 6.13. The van der Waals surface area contributed by atoms with Crippen LogP contribution >= 0.6 is 15.9 Å². The normalized spacial score (nSPS) is 18.6. The molecule has 0 aliphatic carbocycles. The average Bonchev–Trinajstić information content (AvgIpc) is 2.35. The molecular weight excluding hydrogens is 290 g/mol. The van der Waals surface area contributed by atoms with Gasteiger partial charge in [0.1, 0.15) is 5.75 Å². The monoisotopic (exact) mass is 311 g/mol. The van der Waals surface area contributed by atoms with Crippen LogP contribution in [-0.2, 0) is 0 Å². The molecule has 1 aromatic rings. The van der Waals surface area contributed by atoms with Crippen LogP contribution in [0.4, 0.5) is 0 Å². The van der Waals surface area contributed by atoms with E-state index in [0.29, 0.717) is 12.0 Å². The molecule has 2 rings (SSSR count). The molecule has 0 aromatic heterocycles. The largest absolute Gasteiger partial charge is 0.493 e. The maximum atomic E-state index is 5.92. The Balaban J connectivity index is 2.37. The van der Waals surface area contributed by atoms with Gasteiger partial charge in [0.15, 0.2) is 0 Å². The summed E-state index contributed by atoms with van der Waals surface area (Å²) >= 11 is 3.62. The number of rotatable bonds is 4. The first-order valence-corrected chi connectivity index (χ1v) is 7.62.